The van der Waals surface area contributed by atoms with Crippen LogP contribution in [0.2, 0.25) is 0 Å². The van der Waals surface area contributed by atoms with Crippen LogP contribution in [-0.4, -0.2) is 32.5 Å². The molecule has 2 atom stereocenters. The number of pyridine rings is 1. The van der Waals surface area contributed by atoms with Crippen LogP contribution in [0, 0.1) is 12.8 Å². The Kier molecular flexibility index (Phi) is 6.88. The van der Waals surface area contributed by atoms with Crippen molar-refractivity contribution < 1.29 is 17.9 Å². The second-order valence-corrected chi connectivity index (χ2v) is 7.81. The third-order valence-corrected chi connectivity index (χ3v) is 5.62. The van der Waals surface area contributed by atoms with Crippen LogP contribution in [0.15, 0.2) is 53.7 Å². The molecule has 2 aromatic rings. The smallest absolute Gasteiger partial charge is 0.324 e. The van der Waals surface area contributed by atoms with Crippen molar-refractivity contribution in [1.82, 2.24) is 9.71 Å². The lowest BCUT2D eigenvalue weighted by atomic mass is 9.90. The van der Waals surface area contributed by atoms with Gasteiger partial charge in [0.15, 0.2) is 5.03 Å². The zero-order valence-electron chi connectivity index (χ0n) is 15.2. The molecule has 26 heavy (non-hydrogen) atoms. The lowest BCUT2D eigenvalue weighted by molar-refractivity contribution is -0.144. The summed E-state index contributed by atoms with van der Waals surface area (Å²) < 4.78 is 32.5. The van der Waals surface area contributed by atoms with Crippen LogP contribution < -0.4 is 4.72 Å². The topological polar surface area (TPSA) is 85.4 Å². The van der Waals surface area contributed by atoms with E-state index in [9.17, 15) is 13.2 Å². The maximum absolute atomic E-state index is 12.6. The highest BCUT2D eigenvalue weighted by atomic mass is 32.2. The molecule has 0 aliphatic carbocycles. The molecular weight excluding hydrogens is 352 g/mol. The van der Waals surface area contributed by atoms with E-state index in [-0.39, 0.29) is 10.9 Å². The molecule has 0 aliphatic heterocycles. The first-order valence-electron chi connectivity index (χ1n) is 8.44. The number of methoxy groups -OCH3 is 1. The number of hydrogen-bond acceptors (Lipinski definition) is 5. The van der Waals surface area contributed by atoms with Crippen LogP contribution >= 0.6 is 0 Å². The van der Waals surface area contributed by atoms with E-state index in [1.54, 1.807) is 12.1 Å². The molecule has 0 spiro atoms. The molecule has 0 saturated heterocycles. The number of esters is 1. The van der Waals surface area contributed by atoms with Crippen molar-refractivity contribution in [2.45, 2.75) is 37.8 Å². The van der Waals surface area contributed by atoms with Crippen LogP contribution in [0.25, 0.3) is 0 Å². The summed E-state index contributed by atoms with van der Waals surface area (Å²) in [6.07, 6.45) is 2.56. The molecule has 0 saturated carbocycles. The van der Waals surface area contributed by atoms with Crippen molar-refractivity contribution in [3.05, 3.63) is 59.8 Å². The lowest BCUT2D eigenvalue weighted by Gasteiger charge is -2.25. The second-order valence-electron chi connectivity index (χ2n) is 6.15. The predicted molar refractivity (Wildman–Crippen MR) is 99.0 cm³/mol. The Morgan fingerprint density at radius 3 is 2.42 bits per heavy atom. The summed E-state index contributed by atoms with van der Waals surface area (Å²) in [6.45, 7) is 3.92. The largest absolute Gasteiger partial charge is 0.468 e. The van der Waals surface area contributed by atoms with E-state index in [0.717, 1.165) is 11.1 Å². The van der Waals surface area contributed by atoms with Crippen molar-refractivity contribution in [3.8, 4) is 0 Å². The fraction of sp³-hybridized carbons (Fsp3) is 0.368. The Labute approximate surface area is 154 Å². The summed E-state index contributed by atoms with van der Waals surface area (Å²) in [7, 11) is -2.68. The average molecular weight is 376 g/mol. The molecule has 0 unspecified atom stereocenters. The zero-order valence-corrected chi connectivity index (χ0v) is 16.0. The fourth-order valence-corrected chi connectivity index (χ4v) is 3.92. The first-order valence-corrected chi connectivity index (χ1v) is 9.92. The third-order valence-electron chi connectivity index (χ3n) is 4.26. The number of hydrogen-bond donors (Lipinski definition) is 1. The van der Waals surface area contributed by atoms with E-state index in [4.69, 9.17) is 4.74 Å². The highest BCUT2D eigenvalue weighted by Crippen LogP contribution is 2.20. The van der Waals surface area contributed by atoms with Crippen molar-refractivity contribution in [2.24, 2.45) is 5.92 Å². The fourth-order valence-electron chi connectivity index (χ4n) is 2.72. The molecule has 1 N–H and O–H groups in total. The van der Waals surface area contributed by atoms with E-state index < -0.39 is 22.0 Å². The van der Waals surface area contributed by atoms with Gasteiger partial charge >= 0.3 is 5.97 Å². The maximum Gasteiger partial charge on any atom is 0.324 e. The van der Waals surface area contributed by atoms with Gasteiger partial charge in [-0.1, -0.05) is 49.2 Å². The lowest BCUT2D eigenvalue weighted by Crippen LogP contribution is -2.47. The summed E-state index contributed by atoms with van der Waals surface area (Å²) in [5, 5.41) is -0.126. The Hall–Kier alpha value is -2.25. The molecule has 0 aliphatic rings. The molecule has 6 nitrogen and oxygen atoms in total. The van der Waals surface area contributed by atoms with Gasteiger partial charge in [-0.15, -0.1) is 0 Å². The number of sulfonamides is 1. The summed E-state index contributed by atoms with van der Waals surface area (Å²) in [6, 6.07) is 11.6. The number of aryl methyl sites for hydroxylation is 1. The highest BCUT2D eigenvalue weighted by Gasteiger charge is 2.33. The second kappa shape index (κ2) is 8.91. The number of nitrogens with zero attached hydrogens (tertiary/aromatic N) is 1. The van der Waals surface area contributed by atoms with Gasteiger partial charge in [0.05, 0.1) is 7.11 Å². The van der Waals surface area contributed by atoms with E-state index in [1.165, 1.54) is 19.4 Å². The van der Waals surface area contributed by atoms with Gasteiger partial charge in [0.1, 0.15) is 6.04 Å². The first kappa shape index (κ1) is 20.1. The number of carbonyl (C=O) groups is 1. The van der Waals surface area contributed by atoms with Crippen molar-refractivity contribution in [2.75, 3.05) is 7.11 Å². The summed E-state index contributed by atoms with van der Waals surface area (Å²) in [4.78, 5) is 16.2. The van der Waals surface area contributed by atoms with Gasteiger partial charge in [0.25, 0.3) is 10.0 Å². The monoisotopic (exact) mass is 376 g/mol. The number of nitrogens with one attached hydrogen (secondary N) is 1. The van der Waals surface area contributed by atoms with Gasteiger partial charge in [-0.25, -0.2) is 13.4 Å². The maximum atomic E-state index is 12.6. The first-order chi connectivity index (χ1) is 12.4. The highest BCUT2D eigenvalue weighted by molar-refractivity contribution is 7.89. The van der Waals surface area contributed by atoms with Crippen LogP contribution in [0.5, 0.6) is 0 Å². The van der Waals surface area contributed by atoms with Crippen molar-refractivity contribution >= 4 is 16.0 Å². The molecule has 1 aromatic heterocycles. The van der Waals surface area contributed by atoms with E-state index in [1.807, 2.05) is 38.1 Å². The normalized spacial score (nSPS) is 13.8. The quantitative estimate of drug-likeness (QED) is 0.716. The number of ether oxygens (including phenoxy) is 1. The number of rotatable bonds is 8. The van der Waals surface area contributed by atoms with Crippen LogP contribution in [0.1, 0.15) is 24.5 Å². The minimum absolute atomic E-state index is 0.126. The average Bonchev–Trinajstić information content (AvgIpc) is 2.66. The van der Waals surface area contributed by atoms with Gasteiger partial charge in [-0.3, -0.25) is 4.79 Å². The van der Waals surface area contributed by atoms with Gasteiger partial charge in [-0.05, 0) is 37.0 Å². The Morgan fingerprint density at radius 1 is 1.19 bits per heavy atom. The van der Waals surface area contributed by atoms with Gasteiger partial charge in [0, 0.05) is 6.20 Å². The summed E-state index contributed by atoms with van der Waals surface area (Å²) >= 11 is 0. The van der Waals surface area contributed by atoms with Crippen molar-refractivity contribution in [3.63, 3.8) is 0 Å². The minimum Gasteiger partial charge on any atom is -0.468 e. The molecule has 0 amide bonds. The molecule has 1 heterocycles. The minimum atomic E-state index is -3.93. The zero-order chi connectivity index (χ0) is 19.2. The predicted octanol–water partition coefficient (Wildman–Crippen LogP) is 2.48. The SMILES string of the molecule is CC[C@@H](Cc1ccc(C)cc1)[C@H](NS(=O)(=O)c1ccccn1)C(=O)OC. The summed E-state index contributed by atoms with van der Waals surface area (Å²) in [5.41, 5.74) is 2.18. The number of carbonyl (C=O) groups excluding carboxylic acids is 1. The van der Waals surface area contributed by atoms with Crippen molar-refractivity contribution in [1.29, 1.82) is 0 Å². The van der Waals surface area contributed by atoms with E-state index >= 15 is 0 Å². The number of benzene rings is 1. The molecule has 1 aromatic carbocycles. The van der Waals surface area contributed by atoms with Crippen LogP contribution in [-0.2, 0) is 26.0 Å². The Bertz CT molecular complexity index is 820. The van der Waals surface area contributed by atoms with E-state index in [0.29, 0.717) is 12.8 Å². The van der Waals surface area contributed by atoms with E-state index in [2.05, 4.69) is 9.71 Å². The van der Waals surface area contributed by atoms with Crippen LogP contribution in [0.4, 0.5) is 0 Å². The molecule has 0 radical (unpaired) electrons. The standard InChI is InChI=1S/C19H24N2O4S/c1-4-16(13-15-10-8-14(2)9-11-15)18(19(22)25-3)21-26(23,24)17-7-5-6-12-20-17/h5-12,16,18,21H,4,13H2,1-3H3/t16-,18-/m0/s1. The van der Waals surface area contributed by atoms with Gasteiger partial charge in [-0.2, -0.15) is 4.72 Å². The Morgan fingerprint density at radius 2 is 1.88 bits per heavy atom. The molecule has 7 heteroatoms. The molecule has 2 rings (SSSR count). The molecule has 0 fully saturated rings. The molecular formula is C19H24N2O4S. The van der Waals surface area contributed by atoms with Gasteiger partial charge in [0.2, 0.25) is 0 Å². The number of aromatic nitrogens is 1. The van der Waals surface area contributed by atoms with Gasteiger partial charge < -0.3 is 4.74 Å². The Balaban J connectivity index is 2.27. The molecule has 0 bridgehead atoms. The third kappa shape index (κ3) is 5.12. The summed E-state index contributed by atoms with van der Waals surface area (Å²) in [5.74, 6) is -0.855. The molecule has 140 valence electrons. The van der Waals surface area contributed by atoms with Crippen LogP contribution in [0.3, 0.4) is 0 Å².